The van der Waals surface area contributed by atoms with Gasteiger partial charge >= 0.3 is 5.97 Å². The summed E-state index contributed by atoms with van der Waals surface area (Å²) in [6.45, 7) is 3.45. The lowest BCUT2D eigenvalue weighted by atomic mass is 10.1. The maximum atomic E-state index is 12.1. The fourth-order valence-corrected chi connectivity index (χ4v) is 2.33. The first-order valence-corrected chi connectivity index (χ1v) is 8.16. The minimum Gasteiger partial charge on any atom is -0.449 e. The molecule has 0 aromatic heterocycles. The van der Waals surface area contributed by atoms with Crippen LogP contribution in [-0.2, 0) is 16.0 Å². The summed E-state index contributed by atoms with van der Waals surface area (Å²) in [6.07, 6.45) is -0.337. The first kappa shape index (κ1) is 19.1. The number of nitro benzene ring substituents is 1. The largest absolute Gasteiger partial charge is 0.449 e. The Morgan fingerprint density at radius 2 is 1.88 bits per heavy atom. The second kappa shape index (κ2) is 8.75. The van der Waals surface area contributed by atoms with Crippen molar-refractivity contribution in [2.24, 2.45) is 0 Å². The second-order valence-corrected chi connectivity index (χ2v) is 5.83. The Labute approximate surface area is 151 Å². The van der Waals surface area contributed by atoms with Gasteiger partial charge in [0.25, 0.3) is 11.6 Å². The molecular weight excluding hydrogens is 336 g/mol. The van der Waals surface area contributed by atoms with Crippen LogP contribution in [0.4, 0.5) is 5.69 Å². The van der Waals surface area contributed by atoms with Crippen molar-refractivity contribution >= 4 is 17.6 Å². The minimum atomic E-state index is -1.00. The third-order valence-corrected chi connectivity index (χ3v) is 3.85. The zero-order chi connectivity index (χ0) is 19.1. The predicted molar refractivity (Wildman–Crippen MR) is 95.9 cm³/mol. The van der Waals surface area contributed by atoms with Gasteiger partial charge in [-0.3, -0.25) is 14.9 Å². The Bertz CT molecular complexity index is 805. The standard InChI is InChI=1S/C19H20N2O5/c1-13-8-9-16(12-17(13)21(24)25)19(23)26-14(2)18(22)20-11-10-15-6-4-3-5-7-15/h3-9,12,14H,10-11H2,1-2H3,(H,20,22). The topological polar surface area (TPSA) is 98.5 Å². The molecule has 136 valence electrons. The molecule has 0 aliphatic carbocycles. The van der Waals surface area contributed by atoms with Gasteiger partial charge in [-0.25, -0.2) is 4.79 Å². The molecule has 7 nitrogen and oxygen atoms in total. The summed E-state index contributed by atoms with van der Waals surface area (Å²) in [4.78, 5) is 34.5. The average Bonchev–Trinajstić information content (AvgIpc) is 2.62. The van der Waals surface area contributed by atoms with Crippen molar-refractivity contribution in [3.8, 4) is 0 Å². The Morgan fingerprint density at radius 1 is 1.19 bits per heavy atom. The van der Waals surface area contributed by atoms with Crippen LogP contribution in [0.2, 0.25) is 0 Å². The van der Waals surface area contributed by atoms with Crippen molar-refractivity contribution in [1.82, 2.24) is 5.32 Å². The highest BCUT2D eigenvalue weighted by Gasteiger charge is 2.21. The third kappa shape index (κ3) is 5.14. The van der Waals surface area contributed by atoms with E-state index < -0.39 is 22.9 Å². The summed E-state index contributed by atoms with van der Waals surface area (Å²) < 4.78 is 5.10. The third-order valence-electron chi connectivity index (χ3n) is 3.85. The van der Waals surface area contributed by atoms with Crippen LogP contribution in [0.3, 0.4) is 0 Å². The van der Waals surface area contributed by atoms with Crippen LogP contribution in [0, 0.1) is 17.0 Å². The van der Waals surface area contributed by atoms with Gasteiger partial charge in [-0.15, -0.1) is 0 Å². The van der Waals surface area contributed by atoms with Crippen molar-refractivity contribution in [3.05, 3.63) is 75.3 Å². The van der Waals surface area contributed by atoms with Gasteiger partial charge in [0.05, 0.1) is 10.5 Å². The number of amides is 1. The van der Waals surface area contributed by atoms with Gasteiger partial charge in [0, 0.05) is 18.2 Å². The van der Waals surface area contributed by atoms with Crippen LogP contribution in [0.15, 0.2) is 48.5 Å². The molecule has 0 fully saturated rings. The highest BCUT2D eigenvalue weighted by atomic mass is 16.6. The monoisotopic (exact) mass is 356 g/mol. The molecule has 1 atom stereocenters. The average molecular weight is 356 g/mol. The minimum absolute atomic E-state index is 0.0336. The van der Waals surface area contributed by atoms with E-state index in [0.717, 1.165) is 11.6 Å². The molecule has 0 saturated carbocycles. The SMILES string of the molecule is Cc1ccc(C(=O)OC(C)C(=O)NCCc2ccccc2)cc1[N+](=O)[O-]. The van der Waals surface area contributed by atoms with E-state index in [1.807, 2.05) is 30.3 Å². The van der Waals surface area contributed by atoms with Crippen LogP contribution in [0.25, 0.3) is 0 Å². The van der Waals surface area contributed by atoms with E-state index in [1.165, 1.54) is 19.1 Å². The molecule has 0 aliphatic heterocycles. The van der Waals surface area contributed by atoms with Crippen LogP contribution in [-0.4, -0.2) is 29.4 Å². The fourth-order valence-electron chi connectivity index (χ4n) is 2.33. The summed E-state index contributed by atoms with van der Waals surface area (Å²) in [5.74, 6) is -1.20. The van der Waals surface area contributed by atoms with Gasteiger partial charge in [0.15, 0.2) is 6.10 Å². The van der Waals surface area contributed by atoms with Crippen molar-refractivity contribution in [2.75, 3.05) is 6.54 Å². The number of esters is 1. The number of nitrogens with zero attached hydrogens (tertiary/aromatic N) is 1. The first-order chi connectivity index (χ1) is 12.4. The van der Waals surface area contributed by atoms with E-state index in [4.69, 9.17) is 4.74 Å². The van der Waals surface area contributed by atoms with Crippen LogP contribution in [0.1, 0.15) is 28.4 Å². The van der Waals surface area contributed by atoms with Gasteiger partial charge < -0.3 is 10.1 Å². The molecule has 26 heavy (non-hydrogen) atoms. The molecule has 0 heterocycles. The van der Waals surface area contributed by atoms with Crippen LogP contribution in [0.5, 0.6) is 0 Å². The maximum absolute atomic E-state index is 12.1. The molecule has 0 radical (unpaired) electrons. The molecule has 0 bridgehead atoms. The smallest absolute Gasteiger partial charge is 0.339 e. The normalized spacial score (nSPS) is 11.5. The van der Waals surface area contributed by atoms with E-state index in [-0.39, 0.29) is 11.3 Å². The Balaban J connectivity index is 1.89. The second-order valence-electron chi connectivity index (χ2n) is 5.83. The number of nitro groups is 1. The van der Waals surface area contributed by atoms with Gasteiger partial charge in [0.1, 0.15) is 0 Å². The van der Waals surface area contributed by atoms with Gasteiger partial charge in [0.2, 0.25) is 0 Å². The number of ether oxygens (including phenoxy) is 1. The van der Waals surface area contributed by atoms with Crippen molar-refractivity contribution in [2.45, 2.75) is 26.4 Å². The number of nitrogens with one attached hydrogen (secondary N) is 1. The molecule has 2 aromatic carbocycles. The zero-order valence-corrected chi connectivity index (χ0v) is 14.6. The van der Waals surface area contributed by atoms with E-state index >= 15 is 0 Å². The number of hydrogen-bond acceptors (Lipinski definition) is 5. The summed E-state index contributed by atoms with van der Waals surface area (Å²) in [6, 6.07) is 13.7. The number of hydrogen-bond donors (Lipinski definition) is 1. The highest BCUT2D eigenvalue weighted by Crippen LogP contribution is 2.20. The Morgan fingerprint density at radius 3 is 2.54 bits per heavy atom. The molecule has 2 rings (SSSR count). The summed E-state index contributed by atoms with van der Waals surface area (Å²) in [7, 11) is 0. The summed E-state index contributed by atoms with van der Waals surface area (Å²) in [5.41, 5.74) is 1.40. The van der Waals surface area contributed by atoms with Gasteiger partial charge in [-0.1, -0.05) is 36.4 Å². The lowest BCUT2D eigenvalue weighted by molar-refractivity contribution is -0.385. The van der Waals surface area contributed by atoms with Crippen molar-refractivity contribution in [1.29, 1.82) is 0 Å². The molecule has 2 aromatic rings. The summed E-state index contributed by atoms with van der Waals surface area (Å²) >= 11 is 0. The summed E-state index contributed by atoms with van der Waals surface area (Å²) in [5, 5.41) is 13.7. The van der Waals surface area contributed by atoms with Crippen molar-refractivity contribution in [3.63, 3.8) is 0 Å². The van der Waals surface area contributed by atoms with Crippen molar-refractivity contribution < 1.29 is 19.2 Å². The zero-order valence-electron chi connectivity index (χ0n) is 14.6. The number of carbonyl (C=O) groups is 2. The lowest BCUT2D eigenvalue weighted by Gasteiger charge is -2.13. The molecule has 0 aliphatic rings. The number of rotatable bonds is 7. The van der Waals surface area contributed by atoms with Gasteiger partial charge in [-0.2, -0.15) is 0 Å². The molecule has 0 spiro atoms. The number of benzene rings is 2. The highest BCUT2D eigenvalue weighted by molar-refractivity contribution is 5.92. The molecular formula is C19H20N2O5. The molecule has 0 saturated heterocycles. The van der Waals surface area contributed by atoms with Gasteiger partial charge in [-0.05, 0) is 31.9 Å². The first-order valence-electron chi connectivity index (χ1n) is 8.16. The quantitative estimate of drug-likeness (QED) is 0.467. The van der Waals surface area contributed by atoms with E-state index in [0.29, 0.717) is 18.5 Å². The van der Waals surface area contributed by atoms with E-state index in [1.54, 1.807) is 6.92 Å². The predicted octanol–water partition coefficient (Wildman–Crippen LogP) is 2.81. The maximum Gasteiger partial charge on any atom is 0.339 e. The molecule has 7 heteroatoms. The van der Waals surface area contributed by atoms with E-state index in [2.05, 4.69) is 5.32 Å². The molecule has 1 amide bonds. The molecule has 1 unspecified atom stereocenters. The fraction of sp³-hybridized carbons (Fsp3) is 0.263. The number of carbonyl (C=O) groups excluding carboxylic acids is 2. The van der Waals surface area contributed by atoms with Crippen LogP contribution < -0.4 is 5.32 Å². The number of aryl methyl sites for hydroxylation is 1. The lowest BCUT2D eigenvalue weighted by Crippen LogP contribution is -2.36. The Hall–Kier alpha value is -3.22. The van der Waals surface area contributed by atoms with Crippen LogP contribution >= 0.6 is 0 Å². The molecule has 1 N–H and O–H groups in total. The van der Waals surface area contributed by atoms with E-state index in [9.17, 15) is 19.7 Å². The Kier molecular flexibility index (Phi) is 6.43.